The molecule has 0 atom stereocenters. The molecule has 0 spiro atoms. The number of rotatable bonds is 4. The lowest BCUT2D eigenvalue weighted by molar-refractivity contribution is 0.101. The van der Waals surface area contributed by atoms with Gasteiger partial charge in [-0.05, 0) is 42.5 Å². The summed E-state index contributed by atoms with van der Waals surface area (Å²) in [5, 5.41) is 0.889. The van der Waals surface area contributed by atoms with Crippen LogP contribution in [-0.2, 0) is 0 Å². The van der Waals surface area contributed by atoms with Crippen LogP contribution in [0.15, 0.2) is 77.6 Å². The second-order valence-electron chi connectivity index (χ2n) is 6.28. The number of nitrogens with zero attached hydrogens (tertiary/aromatic N) is 2. The van der Waals surface area contributed by atoms with Crippen molar-refractivity contribution in [1.29, 1.82) is 0 Å². The molecular formula is C22H16ClN3O3. The summed E-state index contributed by atoms with van der Waals surface area (Å²) in [7, 11) is 1.52. The molecule has 0 unspecified atom stereocenters. The van der Waals surface area contributed by atoms with Crippen molar-refractivity contribution in [3.05, 3.63) is 93.7 Å². The highest BCUT2D eigenvalue weighted by Crippen LogP contribution is 2.22. The lowest BCUT2D eigenvalue weighted by Gasteiger charge is -2.15. The van der Waals surface area contributed by atoms with E-state index in [1.54, 1.807) is 72.8 Å². The molecule has 4 rings (SSSR count). The van der Waals surface area contributed by atoms with Crippen molar-refractivity contribution < 1.29 is 9.53 Å². The first-order valence-corrected chi connectivity index (χ1v) is 9.18. The first-order valence-electron chi connectivity index (χ1n) is 8.80. The van der Waals surface area contributed by atoms with E-state index in [1.165, 1.54) is 7.11 Å². The molecule has 0 saturated heterocycles. The topological polar surface area (TPSA) is 73.2 Å². The van der Waals surface area contributed by atoms with Crippen molar-refractivity contribution >= 4 is 28.4 Å². The number of halogens is 1. The Morgan fingerprint density at radius 2 is 1.83 bits per heavy atom. The van der Waals surface area contributed by atoms with E-state index < -0.39 is 5.91 Å². The number of carbonyl (C=O) groups excluding carboxylic acids is 1. The first kappa shape index (κ1) is 18.7. The van der Waals surface area contributed by atoms with Crippen LogP contribution in [0, 0.1) is 0 Å². The summed E-state index contributed by atoms with van der Waals surface area (Å²) in [6.45, 7) is 0. The van der Waals surface area contributed by atoms with Gasteiger partial charge in [0.05, 0.1) is 18.0 Å². The molecule has 7 heteroatoms. The number of aromatic nitrogens is 2. The molecule has 6 nitrogen and oxygen atoms in total. The Hall–Kier alpha value is -3.64. The molecule has 1 heterocycles. The molecule has 29 heavy (non-hydrogen) atoms. The van der Waals surface area contributed by atoms with Gasteiger partial charge in [-0.3, -0.25) is 15.0 Å². The van der Waals surface area contributed by atoms with Gasteiger partial charge in [-0.2, -0.15) is 4.68 Å². The minimum absolute atomic E-state index is 0.285. The van der Waals surface area contributed by atoms with Gasteiger partial charge < -0.3 is 4.74 Å². The zero-order valence-electron chi connectivity index (χ0n) is 15.4. The number of fused-ring (bicyclic) bond motifs is 1. The van der Waals surface area contributed by atoms with Crippen LogP contribution < -0.4 is 15.7 Å². The van der Waals surface area contributed by atoms with Gasteiger partial charge in [-0.15, -0.1) is 0 Å². The highest BCUT2D eigenvalue weighted by molar-refractivity contribution is 6.30. The lowest BCUT2D eigenvalue weighted by Crippen LogP contribution is -2.35. The predicted molar refractivity (Wildman–Crippen MR) is 113 cm³/mol. The third kappa shape index (κ3) is 3.70. The van der Waals surface area contributed by atoms with Gasteiger partial charge in [0, 0.05) is 16.1 Å². The van der Waals surface area contributed by atoms with E-state index in [9.17, 15) is 9.59 Å². The van der Waals surface area contributed by atoms with E-state index in [2.05, 4.69) is 10.4 Å². The summed E-state index contributed by atoms with van der Waals surface area (Å²) in [6, 6.07) is 20.6. The molecule has 0 fully saturated rings. The second kappa shape index (κ2) is 7.77. The lowest BCUT2D eigenvalue weighted by atomic mass is 10.2. The van der Waals surface area contributed by atoms with Gasteiger partial charge in [0.1, 0.15) is 5.75 Å². The van der Waals surface area contributed by atoms with E-state index in [-0.39, 0.29) is 11.4 Å². The molecule has 1 aromatic heterocycles. The fourth-order valence-electron chi connectivity index (χ4n) is 2.99. The minimum Gasteiger partial charge on any atom is -0.497 e. The summed E-state index contributed by atoms with van der Waals surface area (Å²) in [5.74, 6) is 0.357. The molecule has 1 amide bonds. The van der Waals surface area contributed by atoms with E-state index in [1.807, 2.05) is 0 Å². The van der Waals surface area contributed by atoms with Crippen LogP contribution in [0.2, 0.25) is 5.02 Å². The number of amides is 1. The molecule has 0 aliphatic carbocycles. The second-order valence-corrected chi connectivity index (χ2v) is 6.71. The maximum absolute atomic E-state index is 13.1. The highest BCUT2D eigenvalue weighted by atomic mass is 35.5. The third-order valence-corrected chi connectivity index (χ3v) is 4.64. The Morgan fingerprint density at radius 3 is 2.62 bits per heavy atom. The maximum Gasteiger partial charge on any atom is 0.280 e. The molecule has 0 bridgehead atoms. The first-order chi connectivity index (χ1) is 14.1. The Labute approximate surface area is 171 Å². The summed E-state index contributed by atoms with van der Waals surface area (Å²) < 4.78 is 6.32. The third-order valence-electron chi connectivity index (χ3n) is 4.40. The van der Waals surface area contributed by atoms with Crippen molar-refractivity contribution in [3.63, 3.8) is 0 Å². The Kier molecular flexibility index (Phi) is 5.01. The Morgan fingerprint density at radius 1 is 1.03 bits per heavy atom. The average Bonchev–Trinajstić information content (AvgIpc) is 2.75. The van der Waals surface area contributed by atoms with Gasteiger partial charge in [0.25, 0.3) is 11.5 Å². The number of nitrogens with one attached hydrogen (secondary N) is 1. The fourth-order valence-corrected chi connectivity index (χ4v) is 3.18. The van der Waals surface area contributed by atoms with Crippen LogP contribution in [0.1, 0.15) is 10.4 Å². The number of ether oxygens (including phenoxy) is 1. The zero-order chi connectivity index (χ0) is 20.4. The van der Waals surface area contributed by atoms with Crippen LogP contribution >= 0.6 is 11.6 Å². The Bertz CT molecular complexity index is 1280. The normalized spacial score (nSPS) is 10.7. The highest BCUT2D eigenvalue weighted by Gasteiger charge is 2.16. The quantitative estimate of drug-likeness (QED) is 0.554. The number of hydrogen-bond acceptors (Lipinski definition) is 4. The SMILES string of the molecule is COc1cccc(C(=O)Nn2c(-c3cccc(Cl)c3)nc3ccccc3c2=O)c1. The van der Waals surface area contributed by atoms with Crippen LogP contribution in [0.3, 0.4) is 0 Å². The molecule has 4 aromatic rings. The van der Waals surface area contributed by atoms with E-state index in [0.717, 1.165) is 4.68 Å². The van der Waals surface area contributed by atoms with E-state index in [4.69, 9.17) is 16.3 Å². The molecule has 1 N–H and O–H groups in total. The number of carbonyl (C=O) groups is 1. The van der Waals surface area contributed by atoms with Crippen molar-refractivity contribution in [2.45, 2.75) is 0 Å². The molecular weight excluding hydrogens is 390 g/mol. The van der Waals surface area contributed by atoms with Gasteiger partial charge in [-0.25, -0.2) is 4.98 Å². The summed E-state index contributed by atoms with van der Waals surface area (Å²) in [4.78, 5) is 30.6. The number of benzene rings is 3. The van der Waals surface area contributed by atoms with Crippen LogP contribution in [0.4, 0.5) is 0 Å². The van der Waals surface area contributed by atoms with Crippen LogP contribution in [0.5, 0.6) is 5.75 Å². The summed E-state index contributed by atoms with van der Waals surface area (Å²) >= 11 is 6.12. The molecule has 0 radical (unpaired) electrons. The zero-order valence-corrected chi connectivity index (χ0v) is 16.2. The molecule has 0 aliphatic rings. The van der Waals surface area contributed by atoms with Crippen LogP contribution in [-0.4, -0.2) is 22.7 Å². The van der Waals surface area contributed by atoms with Gasteiger partial charge in [0.2, 0.25) is 0 Å². The molecule has 0 saturated carbocycles. The monoisotopic (exact) mass is 405 g/mol. The number of hydrogen-bond donors (Lipinski definition) is 1. The molecule has 144 valence electrons. The van der Waals surface area contributed by atoms with Crippen molar-refractivity contribution in [3.8, 4) is 17.1 Å². The Balaban J connectivity index is 1.87. The molecule has 0 aliphatic heterocycles. The van der Waals surface area contributed by atoms with Gasteiger partial charge in [0.15, 0.2) is 5.82 Å². The average molecular weight is 406 g/mol. The minimum atomic E-state index is -0.466. The van der Waals surface area contributed by atoms with Crippen molar-refractivity contribution in [2.75, 3.05) is 12.5 Å². The maximum atomic E-state index is 13.1. The van der Waals surface area contributed by atoms with Crippen molar-refractivity contribution in [2.24, 2.45) is 0 Å². The van der Waals surface area contributed by atoms with Crippen molar-refractivity contribution in [1.82, 2.24) is 9.66 Å². The fraction of sp³-hybridized carbons (Fsp3) is 0.0455. The number of methoxy groups -OCH3 is 1. The van der Waals surface area contributed by atoms with Crippen LogP contribution in [0.25, 0.3) is 22.3 Å². The number of para-hydroxylation sites is 1. The smallest absolute Gasteiger partial charge is 0.280 e. The van der Waals surface area contributed by atoms with Gasteiger partial charge >= 0.3 is 0 Å². The molecule has 3 aromatic carbocycles. The van der Waals surface area contributed by atoms with E-state index >= 15 is 0 Å². The standard InChI is InChI=1S/C22H16ClN3O3/c1-29-17-9-5-7-15(13-17)21(27)25-26-20(14-6-4-8-16(23)12-14)24-19-11-3-2-10-18(19)22(26)28/h2-13H,1H3,(H,25,27). The predicted octanol–water partition coefficient (Wildman–Crippen LogP) is 4.11. The summed E-state index contributed by atoms with van der Waals surface area (Å²) in [5.41, 5.74) is 3.75. The summed E-state index contributed by atoms with van der Waals surface area (Å²) in [6.07, 6.45) is 0. The van der Waals surface area contributed by atoms with Gasteiger partial charge in [-0.1, -0.05) is 41.9 Å². The largest absolute Gasteiger partial charge is 0.497 e. The van der Waals surface area contributed by atoms with E-state index in [0.29, 0.717) is 32.8 Å².